The summed E-state index contributed by atoms with van der Waals surface area (Å²) in [6, 6.07) is 177. The summed E-state index contributed by atoms with van der Waals surface area (Å²) in [5.74, 6) is 0. The third-order valence-corrected chi connectivity index (χ3v) is 40.8. The third-order valence-electron chi connectivity index (χ3n) is 19.3. The van der Waals surface area contributed by atoms with Crippen molar-refractivity contribution in [2.24, 2.45) is 0 Å². The minimum absolute atomic E-state index is 0.348. The smallest absolute Gasteiger partial charge is 0.0195 e. The molecule has 16 rings (SSSR count). The van der Waals surface area contributed by atoms with Gasteiger partial charge >= 0.3 is 70.0 Å². The van der Waals surface area contributed by atoms with Crippen molar-refractivity contribution in [3.05, 3.63) is 485 Å². The fraction of sp³-hybridized carbons (Fsp3) is 0.0769. The van der Waals surface area contributed by atoms with E-state index in [9.17, 15) is 0 Å². The van der Waals surface area contributed by atoms with Crippen LogP contribution >= 0.6 is 101 Å². The van der Waals surface area contributed by atoms with Gasteiger partial charge in [0.15, 0.2) is 0 Å². The van der Waals surface area contributed by atoms with Gasteiger partial charge in [0.2, 0.25) is 0 Å². The molecule has 14 heteroatoms. The van der Waals surface area contributed by atoms with Crippen LogP contribution in [-0.4, -0.2) is 49.3 Å². The molecule has 0 saturated heterocycles. The second kappa shape index (κ2) is 54.7. The molecule has 16 aromatic carbocycles. The molecule has 0 aliphatic heterocycles. The third kappa shape index (κ3) is 30.5. The molecule has 0 saturated carbocycles. The van der Waals surface area contributed by atoms with Gasteiger partial charge in [-0.15, -0.1) is 0 Å². The molecular weight excluding hydrogens is 2010 g/mol. The van der Waals surface area contributed by atoms with Crippen molar-refractivity contribution in [1.29, 1.82) is 0 Å². The minimum Gasteiger partial charge on any atom is -0.0622 e. The molecule has 0 aliphatic carbocycles. The first-order valence-corrected chi connectivity index (χ1v) is 64.9. The van der Waals surface area contributed by atoms with E-state index in [1.54, 1.807) is 0 Å². The monoisotopic (exact) mass is 2110 g/mol. The molecule has 0 amide bonds. The molecule has 0 radical (unpaired) electrons. The SMILES string of the molecule is [Cl][Re][Cl].[Cl][Re][Cl].c1ccc(P(CCP(c2ccccc2)c2ccccc2)c2ccccc2)cc1.c1ccc(P(CCP(c2ccccc2)c2ccccc2)c2ccccc2)cc1.c1ccc(P(CCP(c2ccccc2)c2ccccc2)c2ccccc2)cc1.c1ccc(P(CCP(c2ccccc2)c2ccccc2)c2ccccc2)cc1. The molecule has 0 unspecified atom stereocenters. The van der Waals surface area contributed by atoms with Crippen molar-refractivity contribution in [3.8, 4) is 0 Å². The molecule has 0 bridgehead atoms. The molecular formula is C104H96Cl4P8Re2. The van der Waals surface area contributed by atoms with Gasteiger partial charge < -0.3 is 0 Å². The van der Waals surface area contributed by atoms with Crippen LogP contribution in [0.1, 0.15) is 0 Å². The summed E-state index contributed by atoms with van der Waals surface area (Å²) in [5.41, 5.74) is 0. The molecule has 0 heterocycles. The van der Waals surface area contributed by atoms with E-state index in [0.717, 1.165) is 0 Å². The molecule has 0 nitrogen and oxygen atoms in total. The average Bonchev–Trinajstić information content (AvgIpc) is 0.841. The van der Waals surface area contributed by atoms with Crippen molar-refractivity contribution in [3.63, 3.8) is 0 Å². The van der Waals surface area contributed by atoms with Gasteiger partial charge in [0.05, 0.1) is 0 Å². The number of hydrogen-bond donors (Lipinski definition) is 0. The van der Waals surface area contributed by atoms with E-state index in [4.69, 9.17) is 38.1 Å². The standard InChI is InChI=1S/4C26H24P2.4ClH.2Re/c4*1-5-13-23(14-6-1)27(24-15-7-2-8-16-24)21-22-28(25-17-9-3-10-18-25)26-19-11-4-12-20-26;;;;;;/h4*1-20H,21-22H2;4*1H;;/q;;;;;;;;2*+2/p-4. The predicted molar refractivity (Wildman–Crippen MR) is 535 cm³/mol. The zero-order valence-electron chi connectivity index (χ0n) is 65.7. The summed E-state index contributed by atoms with van der Waals surface area (Å²) in [4.78, 5) is 0. The first-order chi connectivity index (χ1) is 58.5. The Balaban J connectivity index is 0.000000151. The van der Waals surface area contributed by atoms with E-state index >= 15 is 0 Å². The van der Waals surface area contributed by atoms with Crippen molar-refractivity contribution >= 4 is 186 Å². The summed E-state index contributed by atoms with van der Waals surface area (Å²) in [6.45, 7) is 0. The Labute approximate surface area is 745 Å². The second-order valence-corrected chi connectivity index (χ2v) is 53.2. The Morgan fingerprint density at radius 1 is 0.110 bits per heavy atom. The van der Waals surface area contributed by atoms with Crippen molar-refractivity contribution in [1.82, 2.24) is 0 Å². The first kappa shape index (κ1) is 92.2. The van der Waals surface area contributed by atoms with Crippen molar-refractivity contribution < 1.29 is 31.9 Å². The van der Waals surface area contributed by atoms with Gasteiger partial charge in [-0.3, -0.25) is 0 Å². The van der Waals surface area contributed by atoms with Crippen LogP contribution in [0, 0.1) is 0 Å². The van der Waals surface area contributed by atoms with E-state index in [-0.39, 0.29) is 63.4 Å². The van der Waals surface area contributed by atoms with Gasteiger partial charge in [-0.25, -0.2) is 0 Å². The van der Waals surface area contributed by atoms with Crippen molar-refractivity contribution in [2.45, 2.75) is 0 Å². The summed E-state index contributed by atoms with van der Waals surface area (Å²) in [7, 11) is 16.9. The molecule has 0 spiro atoms. The van der Waals surface area contributed by atoms with Crippen LogP contribution in [-0.2, 0) is 31.9 Å². The molecule has 0 atom stereocenters. The fourth-order valence-corrected chi connectivity index (χ4v) is 35.2. The van der Waals surface area contributed by atoms with E-state index < -0.39 is 31.9 Å². The number of rotatable bonds is 28. The normalized spacial score (nSPS) is 10.8. The predicted octanol–water partition coefficient (Wildman–Crippen LogP) is 23.8. The molecule has 0 aliphatic rings. The van der Waals surface area contributed by atoms with E-state index in [1.165, 1.54) is 134 Å². The molecule has 0 fully saturated rings. The van der Waals surface area contributed by atoms with Gasteiger partial charge in [-0.05, 0) is 198 Å². The molecule has 16 aromatic rings. The summed E-state index contributed by atoms with van der Waals surface area (Å²) >= 11 is -1.44. The van der Waals surface area contributed by atoms with Gasteiger partial charge in [-0.2, -0.15) is 0 Å². The number of benzene rings is 16. The maximum atomic E-state index is 4.92. The zero-order chi connectivity index (χ0) is 81.5. The minimum atomic E-state index is -0.722. The molecule has 0 aromatic heterocycles. The Hall–Kier alpha value is -6.56. The first-order valence-electron chi connectivity index (χ1n) is 39.2. The molecule has 0 N–H and O–H groups in total. The second-order valence-electron chi connectivity index (χ2n) is 26.7. The van der Waals surface area contributed by atoms with E-state index in [1.807, 2.05) is 0 Å². The zero-order valence-corrected chi connectivity index (χ0v) is 81.3. The summed E-state index contributed by atoms with van der Waals surface area (Å²) in [5, 5.41) is 23.6. The number of hydrogen-bond acceptors (Lipinski definition) is 0. The van der Waals surface area contributed by atoms with Crippen molar-refractivity contribution in [2.75, 3.05) is 49.3 Å². The van der Waals surface area contributed by atoms with Crippen LogP contribution in [0.2, 0.25) is 0 Å². The van der Waals surface area contributed by atoms with E-state index in [0.29, 0.717) is 0 Å². The summed E-state index contributed by atoms with van der Waals surface area (Å²) < 4.78 is 0. The topological polar surface area (TPSA) is 0 Å². The average molecular weight is 2110 g/mol. The summed E-state index contributed by atoms with van der Waals surface area (Å²) in [6.07, 6.45) is 9.66. The van der Waals surface area contributed by atoms with E-state index in [2.05, 4.69) is 485 Å². The van der Waals surface area contributed by atoms with Gasteiger partial charge in [-0.1, -0.05) is 485 Å². The molecule has 118 heavy (non-hydrogen) atoms. The van der Waals surface area contributed by atoms with Crippen LogP contribution < -0.4 is 84.9 Å². The Bertz CT molecular complexity index is 3910. The van der Waals surface area contributed by atoms with Crippen LogP contribution in [0.15, 0.2) is 485 Å². The Kier molecular flexibility index (Phi) is 42.8. The quantitative estimate of drug-likeness (QED) is 0.0429. The van der Waals surface area contributed by atoms with Crippen LogP contribution in [0.3, 0.4) is 0 Å². The number of halogens is 4. The maximum Gasteiger partial charge on any atom is -0.0195 e. The van der Waals surface area contributed by atoms with Crippen LogP contribution in [0.5, 0.6) is 0 Å². The largest absolute Gasteiger partial charge is 0.0622 e. The van der Waals surface area contributed by atoms with Gasteiger partial charge in [0.1, 0.15) is 0 Å². The van der Waals surface area contributed by atoms with Gasteiger partial charge in [0, 0.05) is 0 Å². The fourth-order valence-electron chi connectivity index (χ4n) is 13.8. The molecule has 594 valence electrons. The Morgan fingerprint density at radius 3 is 0.212 bits per heavy atom. The van der Waals surface area contributed by atoms with Crippen LogP contribution in [0.25, 0.3) is 0 Å². The maximum absolute atomic E-state index is 4.92. The Morgan fingerprint density at radius 2 is 0.161 bits per heavy atom. The van der Waals surface area contributed by atoms with Gasteiger partial charge in [0.25, 0.3) is 0 Å². The van der Waals surface area contributed by atoms with Crippen LogP contribution in [0.4, 0.5) is 0 Å².